The summed E-state index contributed by atoms with van der Waals surface area (Å²) in [7, 11) is 1.56. The largest absolute Gasteiger partial charge is 0.382 e. The van der Waals surface area contributed by atoms with Crippen LogP contribution in [0.15, 0.2) is 71.8 Å². The lowest BCUT2D eigenvalue weighted by atomic mass is 10.1. The monoisotopic (exact) mass is 494 g/mol. The SMILES string of the molecule is COCC#Cc1cccc2nc(C(C)NC(=O)c3c(N)[nH][n+]4cccnc34)n(-c3ccccc3)c(=O)c12. The number of amides is 1. The zero-order valence-corrected chi connectivity index (χ0v) is 20.2. The Balaban J connectivity index is 1.64. The summed E-state index contributed by atoms with van der Waals surface area (Å²) in [6.45, 7) is 2.00. The number of para-hydroxylation sites is 1. The minimum atomic E-state index is -0.661. The molecule has 0 spiro atoms. The van der Waals surface area contributed by atoms with Crippen LogP contribution >= 0.6 is 0 Å². The van der Waals surface area contributed by atoms with E-state index in [1.54, 1.807) is 55.2 Å². The molecule has 5 rings (SSSR count). The molecular weight excluding hydrogens is 470 g/mol. The fourth-order valence-electron chi connectivity index (χ4n) is 4.18. The van der Waals surface area contributed by atoms with Crippen molar-refractivity contribution >= 4 is 28.3 Å². The highest BCUT2D eigenvalue weighted by molar-refractivity contribution is 6.03. The third kappa shape index (κ3) is 4.39. The van der Waals surface area contributed by atoms with Crippen molar-refractivity contribution in [1.82, 2.24) is 25.0 Å². The predicted molar refractivity (Wildman–Crippen MR) is 138 cm³/mol. The van der Waals surface area contributed by atoms with Crippen molar-refractivity contribution in [3.05, 3.63) is 94.3 Å². The Morgan fingerprint density at radius 2 is 2.03 bits per heavy atom. The van der Waals surface area contributed by atoms with Crippen molar-refractivity contribution in [2.75, 3.05) is 19.5 Å². The molecule has 0 saturated carbocycles. The van der Waals surface area contributed by atoms with Gasteiger partial charge in [-0.05, 0) is 36.2 Å². The summed E-state index contributed by atoms with van der Waals surface area (Å²) < 4.78 is 8.09. The summed E-state index contributed by atoms with van der Waals surface area (Å²) in [6, 6.07) is 15.5. The first kappa shape index (κ1) is 23.7. The van der Waals surface area contributed by atoms with Gasteiger partial charge in [-0.1, -0.05) is 36.1 Å². The molecule has 1 amide bonds. The number of aromatic amines is 1. The summed E-state index contributed by atoms with van der Waals surface area (Å²) in [5.74, 6) is 5.99. The zero-order valence-electron chi connectivity index (χ0n) is 20.2. The van der Waals surface area contributed by atoms with Crippen LogP contribution < -0.4 is 21.1 Å². The second kappa shape index (κ2) is 9.93. The minimum absolute atomic E-state index is 0.176. The third-order valence-electron chi connectivity index (χ3n) is 5.82. The maximum atomic E-state index is 13.9. The first-order chi connectivity index (χ1) is 18.0. The van der Waals surface area contributed by atoms with Crippen LogP contribution in [0.1, 0.15) is 34.7 Å². The number of H-pyrrole nitrogens is 1. The van der Waals surface area contributed by atoms with Crippen LogP contribution in [-0.2, 0) is 4.74 Å². The number of fused-ring (bicyclic) bond motifs is 2. The number of hydrogen-bond acceptors (Lipinski definition) is 6. The van der Waals surface area contributed by atoms with E-state index in [-0.39, 0.29) is 23.5 Å². The molecule has 3 heterocycles. The van der Waals surface area contributed by atoms with Gasteiger partial charge in [0.25, 0.3) is 11.5 Å². The fourth-order valence-corrected chi connectivity index (χ4v) is 4.18. The first-order valence-electron chi connectivity index (χ1n) is 11.5. The van der Waals surface area contributed by atoms with Gasteiger partial charge in [0.15, 0.2) is 11.4 Å². The van der Waals surface area contributed by atoms with Gasteiger partial charge >= 0.3 is 5.65 Å². The van der Waals surface area contributed by atoms with Crippen molar-refractivity contribution in [2.24, 2.45) is 0 Å². The van der Waals surface area contributed by atoms with E-state index in [4.69, 9.17) is 15.5 Å². The number of nitrogens with zero attached hydrogens (tertiary/aromatic N) is 4. The van der Waals surface area contributed by atoms with E-state index in [2.05, 4.69) is 27.2 Å². The van der Waals surface area contributed by atoms with E-state index in [0.29, 0.717) is 33.6 Å². The first-order valence-corrected chi connectivity index (χ1v) is 11.5. The van der Waals surface area contributed by atoms with Crippen LogP contribution in [0.25, 0.3) is 22.2 Å². The van der Waals surface area contributed by atoms with Gasteiger partial charge in [-0.3, -0.25) is 14.2 Å². The van der Waals surface area contributed by atoms with E-state index in [0.717, 1.165) is 0 Å². The van der Waals surface area contributed by atoms with Gasteiger partial charge in [-0.15, -0.1) is 4.52 Å². The van der Waals surface area contributed by atoms with Gasteiger partial charge in [0.1, 0.15) is 24.8 Å². The topological polar surface area (TPSA) is 132 Å². The Morgan fingerprint density at radius 3 is 2.81 bits per heavy atom. The third-order valence-corrected chi connectivity index (χ3v) is 5.82. The van der Waals surface area contributed by atoms with Crippen molar-refractivity contribution in [1.29, 1.82) is 0 Å². The summed E-state index contributed by atoms with van der Waals surface area (Å²) in [5.41, 5.74) is 8.02. The second-order valence-electron chi connectivity index (χ2n) is 8.29. The summed E-state index contributed by atoms with van der Waals surface area (Å²) in [4.78, 5) is 36.3. The molecule has 0 saturated heterocycles. The molecule has 0 aliphatic carbocycles. The molecule has 2 aromatic carbocycles. The number of methoxy groups -OCH3 is 1. The Bertz CT molecular complexity index is 1750. The van der Waals surface area contributed by atoms with Crippen LogP contribution in [0.3, 0.4) is 0 Å². The van der Waals surface area contributed by atoms with Crippen molar-refractivity contribution < 1.29 is 14.0 Å². The molecule has 10 nitrogen and oxygen atoms in total. The average molecular weight is 495 g/mol. The molecule has 184 valence electrons. The lowest BCUT2D eigenvalue weighted by Gasteiger charge is -2.19. The van der Waals surface area contributed by atoms with E-state index >= 15 is 0 Å². The van der Waals surface area contributed by atoms with Crippen molar-refractivity contribution in [2.45, 2.75) is 13.0 Å². The van der Waals surface area contributed by atoms with Crippen molar-refractivity contribution in [3.63, 3.8) is 0 Å². The molecule has 1 unspecified atom stereocenters. The number of nitrogens with two attached hydrogens (primary N) is 1. The van der Waals surface area contributed by atoms with Crippen LogP contribution in [0.4, 0.5) is 5.82 Å². The zero-order chi connectivity index (χ0) is 25.9. The van der Waals surface area contributed by atoms with Crippen LogP contribution in [0, 0.1) is 11.8 Å². The lowest BCUT2D eigenvalue weighted by molar-refractivity contribution is -0.577. The van der Waals surface area contributed by atoms with E-state index in [1.807, 2.05) is 30.3 Å². The maximum Gasteiger partial charge on any atom is 0.362 e. The fraction of sp³-hybridized carbons (Fsp3) is 0.148. The van der Waals surface area contributed by atoms with Crippen LogP contribution in [0.2, 0.25) is 0 Å². The Hall–Kier alpha value is -5.01. The molecule has 37 heavy (non-hydrogen) atoms. The number of rotatable bonds is 5. The minimum Gasteiger partial charge on any atom is -0.382 e. The van der Waals surface area contributed by atoms with Crippen LogP contribution in [0.5, 0.6) is 0 Å². The molecule has 4 N–H and O–H groups in total. The Morgan fingerprint density at radius 1 is 1.22 bits per heavy atom. The van der Waals surface area contributed by atoms with Gasteiger partial charge in [-0.2, -0.15) is 0 Å². The molecule has 0 radical (unpaired) electrons. The van der Waals surface area contributed by atoms with Crippen LogP contribution in [-0.4, -0.2) is 39.3 Å². The number of carbonyl (C=O) groups is 1. The van der Waals surface area contributed by atoms with E-state index in [9.17, 15) is 9.59 Å². The number of nitrogen functional groups attached to an aromatic ring is 1. The van der Waals surface area contributed by atoms with Gasteiger partial charge in [-0.25, -0.2) is 10.1 Å². The normalized spacial score (nSPS) is 11.7. The number of aromatic nitrogens is 5. The Kier molecular flexibility index (Phi) is 6.36. The summed E-state index contributed by atoms with van der Waals surface area (Å²) in [5, 5.41) is 6.22. The number of hydrogen-bond donors (Lipinski definition) is 3. The van der Waals surface area contributed by atoms with Crippen molar-refractivity contribution in [3.8, 4) is 17.5 Å². The quantitative estimate of drug-likeness (QED) is 0.253. The molecule has 0 aliphatic heterocycles. The second-order valence-corrected chi connectivity index (χ2v) is 8.29. The highest BCUT2D eigenvalue weighted by Crippen LogP contribution is 2.21. The molecule has 0 fully saturated rings. The number of benzene rings is 2. The average Bonchev–Trinajstić information content (AvgIpc) is 3.24. The molecule has 1 atom stereocenters. The van der Waals surface area contributed by atoms with Gasteiger partial charge < -0.3 is 15.8 Å². The molecule has 3 aromatic heterocycles. The highest BCUT2D eigenvalue weighted by atomic mass is 16.5. The molecule has 0 aliphatic rings. The predicted octanol–water partition coefficient (Wildman–Crippen LogP) is 1.92. The summed E-state index contributed by atoms with van der Waals surface area (Å²) in [6.07, 6.45) is 3.29. The molecule has 0 bridgehead atoms. The maximum absolute atomic E-state index is 13.9. The number of nitrogens with one attached hydrogen (secondary N) is 2. The molecular formula is C27H24N7O3+. The van der Waals surface area contributed by atoms with Gasteiger partial charge in [0.05, 0.1) is 22.6 Å². The van der Waals surface area contributed by atoms with Gasteiger partial charge in [0.2, 0.25) is 0 Å². The number of carbonyl (C=O) groups excluding carboxylic acids is 1. The van der Waals surface area contributed by atoms with Gasteiger partial charge in [0, 0.05) is 18.7 Å². The standard InChI is InChI=1S/C27H23N7O3/c1-17(30-26(35)22-23(28)32-33-15-8-14-29-25(22)33)24-31-20-13-6-9-18(10-7-16-37-2)21(20)27(36)34(24)19-11-4-3-5-12-19/h3-6,8-9,11-15,17H,16H2,1-2H3,(H3,28,30,32,35)/p+1. The van der Waals surface area contributed by atoms with E-state index in [1.165, 1.54) is 4.57 Å². The highest BCUT2D eigenvalue weighted by Gasteiger charge is 2.27. The van der Waals surface area contributed by atoms with E-state index < -0.39 is 11.9 Å². The smallest absolute Gasteiger partial charge is 0.362 e. The number of anilines is 1. The summed E-state index contributed by atoms with van der Waals surface area (Å²) >= 11 is 0. The Labute approximate surface area is 211 Å². The lowest BCUT2D eigenvalue weighted by Crippen LogP contribution is -2.34. The number of ether oxygens (including phenoxy) is 1. The molecule has 5 aromatic rings. The molecule has 10 heteroatoms.